The van der Waals surface area contributed by atoms with Crippen molar-refractivity contribution >= 4 is 28.8 Å². The topological polar surface area (TPSA) is 84.6 Å². The molecule has 0 aliphatic heterocycles. The maximum absolute atomic E-state index is 11.9. The average Bonchev–Trinajstić information content (AvgIpc) is 2.42. The summed E-state index contributed by atoms with van der Waals surface area (Å²) in [6, 6.07) is 12.6. The Morgan fingerprint density at radius 1 is 1.16 bits per heavy atom. The number of hydrogen-bond acceptors (Lipinski definition) is 3. The number of benzene rings is 2. The molecule has 0 aliphatic rings. The van der Waals surface area contributed by atoms with E-state index in [2.05, 4.69) is 5.10 Å². The van der Waals surface area contributed by atoms with Crippen LogP contribution >= 0.6 is 0 Å². The molecule has 0 radical (unpaired) electrons. The summed E-state index contributed by atoms with van der Waals surface area (Å²) in [5.74, 6) is -0.0687. The fourth-order valence-electron chi connectivity index (χ4n) is 1.72. The lowest BCUT2D eigenvalue weighted by molar-refractivity contribution is 0.100. The second kappa shape index (κ2) is 5.77. The normalized spacial score (nSPS) is 10.7. The standard InChI is InChI=1S/C14H13N3O2/c15-14(19)17-16-8-7-13(18)12-6-5-10-3-1-2-4-11(10)9-12/h1-6,8-9H,7H2,(H3,15,17,19)/b16-8+. The Balaban J connectivity index is 2.09. The van der Waals surface area contributed by atoms with Gasteiger partial charge in [0.1, 0.15) is 0 Å². The molecule has 0 spiro atoms. The van der Waals surface area contributed by atoms with Crippen LogP contribution in [-0.2, 0) is 0 Å². The molecular weight excluding hydrogens is 242 g/mol. The van der Waals surface area contributed by atoms with Gasteiger partial charge in [-0.2, -0.15) is 5.10 Å². The molecule has 0 aliphatic carbocycles. The number of primary amides is 1. The molecule has 0 saturated heterocycles. The molecule has 5 heteroatoms. The summed E-state index contributed by atoms with van der Waals surface area (Å²) in [5, 5.41) is 5.63. The van der Waals surface area contributed by atoms with Crippen molar-refractivity contribution in [1.82, 2.24) is 5.43 Å². The Morgan fingerprint density at radius 2 is 1.89 bits per heavy atom. The maximum Gasteiger partial charge on any atom is 0.332 e. The summed E-state index contributed by atoms with van der Waals surface area (Å²) in [6.07, 6.45) is 1.43. The van der Waals surface area contributed by atoms with Crippen LogP contribution in [-0.4, -0.2) is 18.0 Å². The van der Waals surface area contributed by atoms with E-state index in [0.29, 0.717) is 5.56 Å². The number of carbonyl (C=O) groups is 2. The largest absolute Gasteiger partial charge is 0.350 e. The van der Waals surface area contributed by atoms with E-state index in [1.54, 1.807) is 6.07 Å². The number of ketones is 1. The molecule has 0 aromatic heterocycles. The number of Topliss-reactive ketones (excluding diaryl/α,β-unsaturated/α-hetero) is 1. The predicted molar refractivity (Wildman–Crippen MR) is 74.1 cm³/mol. The molecule has 3 N–H and O–H groups in total. The van der Waals surface area contributed by atoms with Crippen LogP contribution in [0.25, 0.3) is 10.8 Å². The van der Waals surface area contributed by atoms with E-state index in [1.165, 1.54) is 6.21 Å². The fourth-order valence-corrected chi connectivity index (χ4v) is 1.72. The van der Waals surface area contributed by atoms with E-state index < -0.39 is 6.03 Å². The Bertz CT molecular complexity index is 650. The number of carbonyl (C=O) groups excluding carboxylic acids is 2. The number of hydrogen-bond donors (Lipinski definition) is 2. The zero-order valence-corrected chi connectivity index (χ0v) is 10.2. The van der Waals surface area contributed by atoms with Gasteiger partial charge in [-0.05, 0) is 16.8 Å². The third-order valence-corrected chi connectivity index (χ3v) is 2.61. The fraction of sp³-hybridized carbons (Fsp3) is 0.0714. The van der Waals surface area contributed by atoms with Crippen LogP contribution in [0.1, 0.15) is 16.8 Å². The second-order valence-corrected chi connectivity index (χ2v) is 3.98. The summed E-state index contributed by atoms with van der Waals surface area (Å²) < 4.78 is 0. The van der Waals surface area contributed by atoms with Gasteiger partial charge < -0.3 is 5.73 Å². The van der Waals surface area contributed by atoms with Crippen molar-refractivity contribution in [2.75, 3.05) is 0 Å². The highest BCUT2D eigenvalue weighted by Gasteiger charge is 2.04. The summed E-state index contributed by atoms with van der Waals surface area (Å²) in [5.41, 5.74) is 7.49. The minimum absolute atomic E-state index is 0.0687. The van der Waals surface area contributed by atoms with Crippen molar-refractivity contribution in [2.45, 2.75) is 6.42 Å². The molecule has 0 saturated carbocycles. The lowest BCUT2D eigenvalue weighted by atomic mass is 10.0. The van der Waals surface area contributed by atoms with Crippen LogP contribution in [0.5, 0.6) is 0 Å². The molecule has 0 unspecified atom stereocenters. The number of nitrogens with one attached hydrogen (secondary N) is 1. The monoisotopic (exact) mass is 255 g/mol. The van der Waals surface area contributed by atoms with Gasteiger partial charge in [0.25, 0.3) is 0 Å². The molecule has 96 valence electrons. The highest BCUT2D eigenvalue weighted by molar-refractivity contribution is 6.05. The van der Waals surface area contributed by atoms with E-state index in [9.17, 15) is 9.59 Å². The van der Waals surface area contributed by atoms with Crippen molar-refractivity contribution in [3.63, 3.8) is 0 Å². The van der Waals surface area contributed by atoms with Crippen molar-refractivity contribution in [3.8, 4) is 0 Å². The zero-order valence-electron chi connectivity index (χ0n) is 10.2. The zero-order chi connectivity index (χ0) is 13.7. The molecule has 0 bridgehead atoms. The molecule has 2 amide bonds. The van der Waals surface area contributed by atoms with Crippen molar-refractivity contribution < 1.29 is 9.59 Å². The first-order valence-electron chi connectivity index (χ1n) is 5.76. The lowest BCUT2D eigenvalue weighted by Crippen LogP contribution is -2.24. The molecule has 2 aromatic rings. The van der Waals surface area contributed by atoms with E-state index >= 15 is 0 Å². The number of rotatable bonds is 4. The van der Waals surface area contributed by atoms with Crippen LogP contribution < -0.4 is 11.2 Å². The van der Waals surface area contributed by atoms with Crippen LogP contribution in [0, 0.1) is 0 Å². The van der Waals surface area contributed by atoms with E-state index in [-0.39, 0.29) is 12.2 Å². The molecule has 19 heavy (non-hydrogen) atoms. The number of hydrazone groups is 1. The number of nitrogens with zero attached hydrogens (tertiary/aromatic N) is 1. The minimum Gasteiger partial charge on any atom is -0.350 e. The van der Waals surface area contributed by atoms with Crippen LogP contribution in [0.4, 0.5) is 4.79 Å². The SMILES string of the molecule is NC(=O)N/N=C/CC(=O)c1ccc2ccccc2c1. The van der Waals surface area contributed by atoms with Gasteiger partial charge in [-0.15, -0.1) is 0 Å². The number of urea groups is 1. The molecule has 0 atom stereocenters. The van der Waals surface area contributed by atoms with Crippen molar-refractivity contribution in [3.05, 3.63) is 48.0 Å². The lowest BCUT2D eigenvalue weighted by Gasteiger charge is -2.01. The highest BCUT2D eigenvalue weighted by Crippen LogP contribution is 2.16. The quantitative estimate of drug-likeness (QED) is 0.498. The van der Waals surface area contributed by atoms with Gasteiger partial charge in [0.2, 0.25) is 0 Å². The third kappa shape index (κ3) is 3.38. The molecule has 2 rings (SSSR count). The first kappa shape index (κ1) is 12.8. The number of fused-ring (bicyclic) bond motifs is 1. The van der Waals surface area contributed by atoms with Gasteiger partial charge in [-0.1, -0.05) is 36.4 Å². The van der Waals surface area contributed by atoms with Crippen molar-refractivity contribution in [2.24, 2.45) is 10.8 Å². The van der Waals surface area contributed by atoms with Crippen molar-refractivity contribution in [1.29, 1.82) is 0 Å². The van der Waals surface area contributed by atoms with E-state index in [1.807, 2.05) is 41.8 Å². The van der Waals surface area contributed by atoms with E-state index in [0.717, 1.165) is 10.8 Å². The van der Waals surface area contributed by atoms with Gasteiger partial charge >= 0.3 is 6.03 Å². The molecule has 2 aromatic carbocycles. The minimum atomic E-state index is -0.755. The molecule has 5 nitrogen and oxygen atoms in total. The van der Waals surface area contributed by atoms with Gasteiger partial charge in [0.15, 0.2) is 5.78 Å². The highest BCUT2D eigenvalue weighted by atomic mass is 16.2. The maximum atomic E-state index is 11.9. The van der Waals surface area contributed by atoms with Gasteiger partial charge in [0.05, 0.1) is 0 Å². The van der Waals surface area contributed by atoms with Gasteiger partial charge in [-0.3, -0.25) is 4.79 Å². The summed E-state index contributed by atoms with van der Waals surface area (Å²) in [7, 11) is 0. The first-order valence-corrected chi connectivity index (χ1v) is 5.76. The molecular formula is C14H13N3O2. The number of amides is 2. The third-order valence-electron chi connectivity index (χ3n) is 2.61. The average molecular weight is 255 g/mol. The van der Waals surface area contributed by atoms with Crippen LogP contribution in [0.2, 0.25) is 0 Å². The summed E-state index contributed by atoms with van der Waals surface area (Å²) in [4.78, 5) is 22.3. The smallest absolute Gasteiger partial charge is 0.332 e. The van der Waals surface area contributed by atoms with Crippen LogP contribution in [0.3, 0.4) is 0 Å². The Hall–Kier alpha value is -2.69. The van der Waals surface area contributed by atoms with Crippen LogP contribution in [0.15, 0.2) is 47.6 Å². The summed E-state index contributed by atoms with van der Waals surface area (Å²) in [6.45, 7) is 0. The predicted octanol–water partition coefficient (Wildman–Crippen LogP) is 2.07. The molecule has 0 heterocycles. The number of nitrogens with two attached hydrogens (primary N) is 1. The second-order valence-electron chi connectivity index (χ2n) is 3.98. The Labute approximate surface area is 110 Å². The summed E-state index contributed by atoms with van der Waals surface area (Å²) >= 11 is 0. The van der Waals surface area contributed by atoms with Gasteiger partial charge in [0, 0.05) is 18.2 Å². The Morgan fingerprint density at radius 3 is 2.63 bits per heavy atom. The van der Waals surface area contributed by atoms with Gasteiger partial charge in [-0.25, -0.2) is 10.2 Å². The van der Waals surface area contributed by atoms with E-state index in [4.69, 9.17) is 5.73 Å². The Kier molecular flexibility index (Phi) is 3.87. The first-order chi connectivity index (χ1) is 9.16. The molecule has 0 fully saturated rings.